The lowest BCUT2D eigenvalue weighted by Crippen LogP contribution is -2.27. The number of para-hydroxylation sites is 1. The molecule has 5 heteroatoms. The van der Waals surface area contributed by atoms with E-state index >= 15 is 0 Å². The third-order valence-electron chi connectivity index (χ3n) is 3.50. The number of thioether (sulfide) groups is 1. The second-order valence-electron chi connectivity index (χ2n) is 4.87. The molecule has 1 fully saturated rings. The maximum Gasteiger partial charge on any atom is 0.266 e. The van der Waals surface area contributed by atoms with Gasteiger partial charge in [-0.25, -0.2) is 0 Å². The highest BCUT2D eigenvalue weighted by molar-refractivity contribution is 8.26. The van der Waals surface area contributed by atoms with E-state index < -0.39 is 0 Å². The Morgan fingerprint density at radius 2 is 2.19 bits per heavy atom. The Labute approximate surface area is 133 Å². The van der Waals surface area contributed by atoms with Crippen LogP contribution in [-0.4, -0.2) is 27.8 Å². The van der Waals surface area contributed by atoms with Crippen LogP contribution in [0.3, 0.4) is 0 Å². The second-order valence-corrected chi connectivity index (χ2v) is 6.54. The van der Waals surface area contributed by atoms with Gasteiger partial charge in [0.1, 0.15) is 16.2 Å². The first-order valence-electron chi connectivity index (χ1n) is 6.82. The molecule has 0 aliphatic carbocycles. The van der Waals surface area contributed by atoms with Crippen LogP contribution in [0.15, 0.2) is 40.8 Å². The molecule has 3 rings (SSSR count). The van der Waals surface area contributed by atoms with E-state index in [1.54, 1.807) is 4.90 Å². The number of rotatable bonds is 2. The quantitative estimate of drug-likeness (QED) is 0.615. The Morgan fingerprint density at radius 3 is 2.90 bits per heavy atom. The number of carbonyl (C=O) groups excluding carboxylic acids is 1. The van der Waals surface area contributed by atoms with Crippen molar-refractivity contribution in [3.63, 3.8) is 0 Å². The summed E-state index contributed by atoms with van der Waals surface area (Å²) >= 11 is 6.59. The lowest BCUT2D eigenvalue weighted by Gasteiger charge is -2.23. The fourth-order valence-electron chi connectivity index (χ4n) is 2.35. The summed E-state index contributed by atoms with van der Waals surface area (Å²) in [6.45, 7) is 4.52. The minimum atomic E-state index is -0.0787. The molecule has 0 radical (unpaired) electrons. The maximum atomic E-state index is 12.3. The molecule has 3 nitrogen and oxygen atoms in total. The standard InChI is InChI=1S/C16H15NO2S2/c1-3-17-15(18)14(21-16(17)20)9-12-8-11-6-4-5-7-13(11)19-10(12)2/h4-10H,3H2,1-2H3/b14-9-/t10-/m1/s1. The average molecular weight is 317 g/mol. The van der Waals surface area contributed by atoms with Gasteiger partial charge in [0.15, 0.2) is 0 Å². The summed E-state index contributed by atoms with van der Waals surface area (Å²) in [4.78, 5) is 14.5. The minimum Gasteiger partial charge on any atom is -0.485 e. The molecule has 0 unspecified atom stereocenters. The van der Waals surface area contributed by atoms with E-state index in [0.717, 1.165) is 16.9 Å². The molecule has 1 aromatic carbocycles. The first kappa shape index (κ1) is 14.4. The number of benzene rings is 1. The molecular formula is C16H15NO2S2. The fourth-order valence-corrected chi connectivity index (χ4v) is 3.73. The number of hydrogen-bond acceptors (Lipinski definition) is 4. The predicted molar refractivity (Wildman–Crippen MR) is 90.2 cm³/mol. The topological polar surface area (TPSA) is 29.5 Å². The molecule has 2 aliphatic rings. The van der Waals surface area contributed by atoms with Crippen molar-refractivity contribution >= 4 is 40.3 Å². The van der Waals surface area contributed by atoms with Crippen molar-refractivity contribution in [3.8, 4) is 5.75 Å². The average Bonchev–Trinajstić information content (AvgIpc) is 2.73. The molecule has 2 aliphatic heterocycles. The Balaban J connectivity index is 1.95. The molecule has 1 saturated heterocycles. The highest BCUT2D eigenvalue weighted by atomic mass is 32.2. The van der Waals surface area contributed by atoms with Crippen molar-refractivity contribution in [1.82, 2.24) is 4.90 Å². The van der Waals surface area contributed by atoms with Crippen LogP contribution in [-0.2, 0) is 4.79 Å². The van der Waals surface area contributed by atoms with E-state index in [0.29, 0.717) is 15.8 Å². The van der Waals surface area contributed by atoms with Crippen LogP contribution in [0.4, 0.5) is 0 Å². The Bertz CT molecular complexity index is 679. The van der Waals surface area contributed by atoms with Crippen molar-refractivity contribution in [2.45, 2.75) is 20.0 Å². The molecule has 0 N–H and O–H groups in total. The number of carbonyl (C=O) groups is 1. The Morgan fingerprint density at radius 1 is 1.43 bits per heavy atom. The molecule has 1 atom stereocenters. The van der Waals surface area contributed by atoms with Crippen LogP contribution in [0.25, 0.3) is 6.08 Å². The number of nitrogens with zero attached hydrogens (tertiary/aromatic N) is 1. The summed E-state index contributed by atoms with van der Waals surface area (Å²) in [6.07, 6.45) is 3.89. The van der Waals surface area contributed by atoms with Crippen LogP contribution < -0.4 is 4.74 Å². The van der Waals surface area contributed by atoms with Gasteiger partial charge in [0.25, 0.3) is 5.91 Å². The van der Waals surface area contributed by atoms with Crippen molar-refractivity contribution in [2.75, 3.05) is 6.54 Å². The number of likely N-dealkylation sites (N-methyl/N-ethyl adjacent to an activating group) is 1. The number of amides is 1. The largest absolute Gasteiger partial charge is 0.485 e. The number of fused-ring (bicyclic) bond motifs is 1. The van der Waals surface area contributed by atoms with Gasteiger partial charge in [-0.1, -0.05) is 42.2 Å². The molecule has 0 bridgehead atoms. The van der Waals surface area contributed by atoms with Gasteiger partial charge in [0.2, 0.25) is 0 Å². The van der Waals surface area contributed by atoms with E-state index in [1.165, 1.54) is 11.8 Å². The molecule has 21 heavy (non-hydrogen) atoms. The van der Waals surface area contributed by atoms with Crippen molar-refractivity contribution in [3.05, 3.63) is 46.4 Å². The van der Waals surface area contributed by atoms with E-state index in [9.17, 15) is 4.79 Å². The SMILES string of the molecule is CCN1C(=O)/C(=C/C2=Cc3ccccc3O[C@@H]2C)SC1=S. The van der Waals surface area contributed by atoms with Crippen LogP contribution in [0.5, 0.6) is 5.75 Å². The first-order valence-corrected chi connectivity index (χ1v) is 8.05. The summed E-state index contributed by atoms with van der Waals surface area (Å²) in [5.41, 5.74) is 2.03. The van der Waals surface area contributed by atoms with E-state index in [4.69, 9.17) is 17.0 Å². The molecule has 0 aromatic heterocycles. The molecule has 1 aromatic rings. The summed E-state index contributed by atoms with van der Waals surface area (Å²) < 4.78 is 6.51. The Kier molecular flexibility index (Phi) is 3.87. The highest BCUT2D eigenvalue weighted by Crippen LogP contribution is 2.35. The predicted octanol–water partition coefficient (Wildman–Crippen LogP) is 3.62. The molecule has 0 saturated carbocycles. The molecule has 2 heterocycles. The molecule has 0 spiro atoms. The van der Waals surface area contributed by atoms with Gasteiger partial charge in [-0.05, 0) is 37.6 Å². The lowest BCUT2D eigenvalue weighted by atomic mass is 10.0. The van der Waals surface area contributed by atoms with Crippen LogP contribution in [0.2, 0.25) is 0 Å². The fraction of sp³-hybridized carbons (Fsp3) is 0.250. The molecular weight excluding hydrogens is 302 g/mol. The van der Waals surface area contributed by atoms with Crippen molar-refractivity contribution < 1.29 is 9.53 Å². The van der Waals surface area contributed by atoms with Crippen LogP contribution >= 0.6 is 24.0 Å². The minimum absolute atomic E-state index is 0.0144. The van der Waals surface area contributed by atoms with Gasteiger partial charge in [-0.3, -0.25) is 9.69 Å². The Hall–Kier alpha value is -1.59. The van der Waals surface area contributed by atoms with Gasteiger partial charge in [-0.2, -0.15) is 0 Å². The first-order chi connectivity index (χ1) is 10.1. The van der Waals surface area contributed by atoms with Crippen LogP contribution in [0, 0.1) is 0 Å². The maximum absolute atomic E-state index is 12.3. The van der Waals surface area contributed by atoms with E-state index in [-0.39, 0.29) is 12.0 Å². The monoisotopic (exact) mass is 317 g/mol. The van der Waals surface area contributed by atoms with Gasteiger partial charge < -0.3 is 4.74 Å². The van der Waals surface area contributed by atoms with Gasteiger partial charge in [0.05, 0.1) is 4.91 Å². The lowest BCUT2D eigenvalue weighted by molar-refractivity contribution is -0.122. The third-order valence-corrected chi connectivity index (χ3v) is 4.88. The number of thiocarbonyl (C=S) groups is 1. The smallest absolute Gasteiger partial charge is 0.266 e. The summed E-state index contributed by atoms with van der Waals surface area (Å²) in [5, 5.41) is 0. The molecule has 108 valence electrons. The van der Waals surface area contributed by atoms with Gasteiger partial charge in [0, 0.05) is 12.1 Å². The van der Waals surface area contributed by atoms with Crippen LogP contribution in [0.1, 0.15) is 19.4 Å². The summed E-state index contributed by atoms with van der Waals surface area (Å²) in [6, 6.07) is 7.89. The molecule has 1 amide bonds. The van der Waals surface area contributed by atoms with Crippen molar-refractivity contribution in [2.24, 2.45) is 0 Å². The number of ether oxygens (including phenoxy) is 1. The van der Waals surface area contributed by atoms with Gasteiger partial charge in [-0.15, -0.1) is 0 Å². The second kappa shape index (κ2) is 5.66. The normalized spacial score (nSPS) is 23.1. The zero-order chi connectivity index (χ0) is 15.0. The summed E-state index contributed by atoms with van der Waals surface area (Å²) in [5.74, 6) is 0.864. The van der Waals surface area contributed by atoms with E-state index in [1.807, 2.05) is 44.2 Å². The number of hydrogen-bond donors (Lipinski definition) is 0. The zero-order valence-corrected chi connectivity index (χ0v) is 13.5. The third kappa shape index (κ3) is 2.63. The highest BCUT2D eigenvalue weighted by Gasteiger charge is 2.31. The van der Waals surface area contributed by atoms with Crippen molar-refractivity contribution in [1.29, 1.82) is 0 Å². The summed E-state index contributed by atoms with van der Waals surface area (Å²) in [7, 11) is 0. The van der Waals surface area contributed by atoms with E-state index in [2.05, 4.69) is 6.08 Å². The zero-order valence-electron chi connectivity index (χ0n) is 11.8. The van der Waals surface area contributed by atoms with Gasteiger partial charge >= 0.3 is 0 Å².